The van der Waals surface area contributed by atoms with Gasteiger partial charge >= 0.3 is 0 Å². The quantitative estimate of drug-likeness (QED) is 0.172. The van der Waals surface area contributed by atoms with Gasteiger partial charge in [0.2, 0.25) is 0 Å². The number of para-hydroxylation sites is 1. The molecule has 0 bridgehead atoms. The monoisotopic (exact) mass is 662 g/mol. The van der Waals surface area contributed by atoms with Gasteiger partial charge in [-0.1, -0.05) is 159 Å². The molecule has 0 fully saturated rings. The molecule has 1 heterocycles. The molecule has 1 aliphatic rings. The summed E-state index contributed by atoms with van der Waals surface area (Å²) in [6.45, 7) is 4.77. The molecule has 1 aliphatic carbocycles. The van der Waals surface area contributed by atoms with E-state index in [0.717, 1.165) is 21.9 Å². The molecule has 1 nitrogen and oxygen atoms in total. The van der Waals surface area contributed by atoms with Gasteiger partial charge in [0.1, 0.15) is 11.2 Å². The van der Waals surface area contributed by atoms with Crippen LogP contribution in [-0.4, -0.2) is 0 Å². The maximum atomic E-state index is 6.21. The third-order valence-corrected chi connectivity index (χ3v) is 11.6. The van der Waals surface area contributed by atoms with Crippen molar-refractivity contribution in [2.75, 3.05) is 0 Å². The Hall–Kier alpha value is -6.44. The van der Waals surface area contributed by atoms with Crippen molar-refractivity contribution in [2.45, 2.75) is 19.3 Å². The second kappa shape index (κ2) is 10.8. The van der Waals surface area contributed by atoms with Gasteiger partial charge in [-0.2, -0.15) is 0 Å². The number of hydrogen-bond acceptors (Lipinski definition) is 1. The first-order valence-electron chi connectivity index (χ1n) is 18.2. The highest BCUT2D eigenvalue weighted by Crippen LogP contribution is 2.53. The van der Waals surface area contributed by atoms with E-state index in [1.165, 1.54) is 88.0 Å². The molecule has 0 saturated carbocycles. The van der Waals surface area contributed by atoms with Crippen LogP contribution in [0.25, 0.3) is 98.8 Å². The number of furan rings is 1. The van der Waals surface area contributed by atoms with Gasteiger partial charge < -0.3 is 4.42 Å². The van der Waals surface area contributed by atoms with E-state index in [9.17, 15) is 0 Å². The molecule has 11 rings (SSSR count). The van der Waals surface area contributed by atoms with Gasteiger partial charge in [0.25, 0.3) is 0 Å². The van der Waals surface area contributed by atoms with Crippen LogP contribution in [0.2, 0.25) is 0 Å². The van der Waals surface area contributed by atoms with Crippen molar-refractivity contribution in [1.29, 1.82) is 0 Å². The maximum absolute atomic E-state index is 6.21. The molecular weight excluding hydrogens is 629 g/mol. The zero-order valence-electron chi connectivity index (χ0n) is 29.1. The Bertz CT molecular complexity index is 3040. The van der Waals surface area contributed by atoms with Crippen LogP contribution in [0, 0.1) is 0 Å². The van der Waals surface area contributed by atoms with E-state index >= 15 is 0 Å². The fourth-order valence-electron chi connectivity index (χ4n) is 9.35. The maximum Gasteiger partial charge on any atom is 0.135 e. The van der Waals surface area contributed by atoms with Crippen molar-refractivity contribution in [3.05, 3.63) is 181 Å². The first-order chi connectivity index (χ1) is 25.6. The molecule has 0 aliphatic heterocycles. The van der Waals surface area contributed by atoms with E-state index in [0.29, 0.717) is 0 Å². The summed E-state index contributed by atoms with van der Waals surface area (Å²) < 4.78 is 6.21. The topological polar surface area (TPSA) is 13.1 Å². The summed E-state index contributed by atoms with van der Waals surface area (Å²) in [7, 11) is 0. The fraction of sp³-hybridized carbons (Fsp3) is 0.0588. The minimum Gasteiger partial charge on any atom is -0.456 e. The van der Waals surface area contributed by atoms with E-state index in [1.807, 2.05) is 12.1 Å². The Kier molecular flexibility index (Phi) is 6.08. The first-order valence-corrected chi connectivity index (χ1v) is 18.2. The van der Waals surface area contributed by atoms with E-state index in [-0.39, 0.29) is 5.41 Å². The van der Waals surface area contributed by atoms with Crippen molar-refractivity contribution in [2.24, 2.45) is 0 Å². The van der Waals surface area contributed by atoms with Crippen molar-refractivity contribution in [1.82, 2.24) is 0 Å². The van der Waals surface area contributed by atoms with E-state index < -0.39 is 0 Å². The summed E-state index contributed by atoms with van der Waals surface area (Å²) in [4.78, 5) is 0. The lowest BCUT2D eigenvalue weighted by Gasteiger charge is -2.23. The molecule has 0 amide bonds. The summed E-state index contributed by atoms with van der Waals surface area (Å²) in [5.74, 6) is 0. The zero-order valence-corrected chi connectivity index (χ0v) is 29.1. The standard InChI is InChI=1S/C51H34O/c1-51(2)45-27-24-33(30-43(45)42-26-23-31-13-3-4-15-35(31)50(42)51)48-38-18-7-9-20-40(38)49(41-21-10-8-19-39(41)48)37-17-6-5-14-34(37)32-25-28-47-44(29-32)36-16-11-12-22-46(36)52-47/h3-30H,1-2H3. The average molecular weight is 663 g/mol. The first kappa shape index (κ1) is 29.3. The molecule has 9 aromatic carbocycles. The van der Waals surface area contributed by atoms with Crippen LogP contribution in [-0.2, 0) is 5.41 Å². The normalized spacial score (nSPS) is 13.3. The van der Waals surface area contributed by atoms with E-state index in [2.05, 4.69) is 172 Å². The number of benzene rings is 9. The Morgan fingerprint density at radius 1 is 0.365 bits per heavy atom. The van der Waals surface area contributed by atoms with E-state index in [4.69, 9.17) is 4.42 Å². The smallest absolute Gasteiger partial charge is 0.135 e. The van der Waals surface area contributed by atoms with Crippen molar-refractivity contribution < 1.29 is 4.42 Å². The summed E-state index contributed by atoms with van der Waals surface area (Å²) in [5, 5.41) is 9.97. The lowest BCUT2D eigenvalue weighted by molar-refractivity contribution is 0.666. The Morgan fingerprint density at radius 3 is 1.69 bits per heavy atom. The van der Waals surface area contributed by atoms with Gasteiger partial charge in [0.15, 0.2) is 0 Å². The number of rotatable bonds is 3. The molecule has 1 heteroatoms. The van der Waals surface area contributed by atoms with Crippen LogP contribution in [0.3, 0.4) is 0 Å². The third kappa shape index (κ3) is 4.05. The number of fused-ring (bicyclic) bond motifs is 10. The second-order valence-electron chi connectivity index (χ2n) is 14.8. The van der Waals surface area contributed by atoms with Crippen molar-refractivity contribution in [3.63, 3.8) is 0 Å². The van der Waals surface area contributed by atoms with Crippen LogP contribution in [0.15, 0.2) is 174 Å². The Balaban J connectivity index is 1.16. The van der Waals surface area contributed by atoms with E-state index in [1.54, 1.807) is 0 Å². The van der Waals surface area contributed by atoms with Gasteiger partial charge in [-0.25, -0.2) is 0 Å². The molecule has 52 heavy (non-hydrogen) atoms. The molecule has 1 aromatic heterocycles. The predicted octanol–water partition coefficient (Wildman–Crippen LogP) is 14.4. The highest BCUT2D eigenvalue weighted by atomic mass is 16.3. The van der Waals surface area contributed by atoms with Gasteiger partial charge in [-0.05, 0) is 112 Å². The van der Waals surface area contributed by atoms with Crippen LogP contribution in [0.4, 0.5) is 0 Å². The van der Waals surface area contributed by atoms with Crippen LogP contribution in [0.5, 0.6) is 0 Å². The lowest BCUT2D eigenvalue weighted by Crippen LogP contribution is -2.15. The lowest BCUT2D eigenvalue weighted by atomic mass is 9.79. The number of hydrogen-bond donors (Lipinski definition) is 0. The predicted molar refractivity (Wildman–Crippen MR) is 220 cm³/mol. The summed E-state index contributed by atoms with van der Waals surface area (Å²) in [6, 6.07) is 62.5. The Labute approximate surface area is 302 Å². The van der Waals surface area contributed by atoms with Crippen LogP contribution in [0.1, 0.15) is 25.0 Å². The molecular formula is C51H34O. The largest absolute Gasteiger partial charge is 0.456 e. The highest BCUT2D eigenvalue weighted by Gasteiger charge is 2.37. The minimum atomic E-state index is -0.0898. The highest BCUT2D eigenvalue weighted by molar-refractivity contribution is 6.23. The van der Waals surface area contributed by atoms with Crippen molar-refractivity contribution in [3.8, 4) is 44.5 Å². The van der Waals surface area contributed by atoms with Gasteiger partial charge in [0.05, 0.1) is 0 Å². The van der Waals surface area contributed by atoms with Gasteiger partial charge in [-0.15, -0.1) is 0 Å². The average Bonchev–Trinajstić information content (AvgIpc) is 3.68. The van der Waals surface area contributed by atoms with Gasteiger partial charge in [-0.3, -0.25) is 0 Å². The molecule has 0 saturated heterocycles. The molecule has 0 N–H and O–H groups in total. The molecule has 0 unspecified atom stereocenters. The molecule has 0 atom stereocenters. The van der Waals surface area contributed by atoms with Crippen LogP contribution >= 0.6 is 0 Å². The summed E-state index contributed by atoms with van der Waals surface area (Å²) in [6.07, 6.45) is 0. The zero-order chi connectivity index (χ0) is 34.6. The molecule has 244 valence electrons. The second-order valence-corrected chi connectivity index (χ2v) is 14.8. The molecule has 10 aromatic rings. The van der Waals surface area contributed by atoms with Crippen molar-refractivity contribution >= 4 is 54.3 Å². The fourth-order valence-corrected chi connectivity index (χ4v) is 9.35. The summed E-state index contributed by atoms with van der Waals surface area (Å²) >= 11 is 0. The minimum absolute atomic E-state index is 0.0898. The summed E-state index contributed by atoms with van der Waals surface area (Å²) in [5.41, 5.74) is 14.7. The Morgan fingerprint density at radius 2 is 0.942 bits per heavy atom. The molecule has 0 spiro atoms. The third-order valence-electron chi connectivity index (χ3n) is 11.6. The molecule has 0 radical (unpaired) electrons. The van der Waals surface area contributed by atoms with Crippen LogP contribution < -0.4 is 0 Å². The SMILES string of the molecule is CC1(C)c2ccc(-c3c4ccccc4c(-c4ccccc4-c4ccc5oc6ccccc6c5c4)c4ccccc34)cc2-c2ccc3ccccc3c21. The van der Waals surface area contributed by atoms with Gasteiger partial charge in [0, 0.05) is 16.2 Å².